The molecule has 28 heavy (non-hydrogen) atoms. The van der Waals surface area contributed by atoms with Gasteiger partial charge in [0.1, 0.15) is 0 Å². The van der Waals surface area contributed by atoms with Crippen LogP contribution < -0.4 is 11.2 Å². The maximum atomic E-state index is 12.9. The summed E-state index contributed by atoms with van der Waals surface area (Å²) in [6, 6.07) is 13.5. The Kier molecular flexibility index (Phi) is 4.30. The Balaban J connectivity index is 1.72. The largest absolute Gasteiger partial charge is 0.501 e. The zero-order valence-electron chi connectivity index (χ0n) is 15.8. The highest BCUT2D eigenvalue weighted by molar-refractivity contribution is 5.95. The third kappa shape index (κ3) is 2.79. The van der Waals surface area contributed by atoms with Crippen LogP contribution in [0.1, 0.15) is 35.9 Å². The summed E-state index contributed by atoms with van der Waals surface area (Å²) in [6.07, 6.45) is 0. The molecular formula is C21H21N3O4. The van der Waals surface area contributed by atoms with Crippen LogP contribution >= 0.6 is 0 Å². The van der Waals surface area contributed by atoms with E-state index in [0.29, 0.717) is 13.1 Å². The van der Waals surface area contributed by atoms with Gasteiger partial charge in [0.15, 0.2) is 5.69 Å². The Bertz CT molecular complexity index is 1210. The van der Waals surface area contributed by atoms with Crippen LogP contribution in [0, 0.1) is 0 Å². The van der Waals surface area contributed by atoms with E-state index in [1.54, 1.807) is 18.7 Å². The van der Waals surface area contributed by atoms with Gasteiger partial charge in [0.05, 0.1) is 0 Å². The van der Waals surface area contributed by atoms with E-state index in [-0.39, 0.29) is 12.2 Å². The Morgan fingerprint density at radius 3 is 2.43 bits per heavy atom. The summed E-state index contributed by atoms with van der Waals surface area (Å²) in [5.74, 6) is -1.18. The molecule has 0 spiro atoms. The van der Waals surface area contributed by atoms with Crippen molar-refractivity contribution >= 4 is 16.7 Å². The molecule has 1 N–H and O–H groups in total. The number of rotatable bonds is 3. The fraction of sp³-hybridized carbons (Fsp3) is 0.286. The van der Waals surface area contributed by atoms with Gasteiger partial charge in [-0.15, -0.1) is 0 Å². The summed E-state index contributed by atoms with van der Waals surface area (Å²) >= 11 is 0. The molecule has 2 aromatic carbocycles. The van der Waals surface area contributed by atoms with E-state index in [0.717, 1.165) is 20.9 Å². The third-order valence-electron chi connectivity index (χ3n) is 5.14. The van der Waals surface area contributed by atoms with Crippen molar-refractivity contribution < 1.29 is 9.90 Å². The predicted octanol–water partition coefficient (Wildman–Crippen LogP) is 2.11. The first kappa shape index (κ1) is 18.0. The van der Waals surface area contributed by atoms with Gasteiger partial charge in [0.25, 0.3) is 11.5 Å². The van der Waals surface area contributed by atoms with Crippen LogP contribution in [0.25, 0.3) is 10.8 Å². The highest BCUT2D eigenvalue weighted by Crippen LogP contribution is 2.22. The second kappa shape index (κ2) is 6.67. The SMILES string of the molecule is CC(C)n1c(=O)c(O)c2n(c1=O)CCN(Cc1ccc3ccccc3c1)C2=O. The Hall–Kier alpha value is -3.35. The van der Waals surface area contributed by atoms with Gasteiger partial charge in [0, 0.05) is 25.7 Å². The van der Waals surface area contributed by atoms with E-state index in [2.05, 4.69) is 0 Å². The molecule has 0 fully saturated rings. The fourth-order valence-electron chi connectivity index (χ4n) is 3.72. The van der Waals surface area contributed by atoms with Gasteiger partial charge in [-0.25, -0.2) is 4.79 Å². The van der Waals surface area contributed by atoms with Crippen molar-refractivity contribution in [3.63, 3.8) is 0 Å². The maximum absolute atomic E-state index is 12.9. The number of hydrogen-bond acceptors (Lipinski definition) is 4. The molecule has 0 saturated carbocycles. The molecule has 1 aliphatic heterocycles. The van der Waals surface area contributed by atoms with Crippen LogP contribution in [0.5, 0.6) is 5.75 Å². The summed E-state index contributed by atoms with van der Waals surface area (Å²) in [5.41, 5.74) is -0.671. The zero-order valence-corrected chi connectivity index (χ0v) is 15.8. The molecule has 2 heterocycles. The molecule has 0 unspecified atom stereocenters. The van der Waals surface area contributed by atoms with Gasteiger partial charge in [-0.05, 0) is 36.2 Å². The van der Waals surface area contributed by atoms with Crippen molar-refractivity contribution in [1.82, 2.24) is 14.0 Å². The minimum absolute atomic E-state index is 0.223. The van der Waals surface area contributed by atoms with Crippen LogP contribution in [0.3, 0.4) is 0 Å². The van der Waals surface area contributed by atoms with E-state index in [4.69, 9.17) is 0 Å². The minimum Gasteiger partial charge on any atom is -0.501 e. The molecule has 0 saturated heterocycles. The number of hydrogen-bond donors (Lipinski definition) is 1. The maximum Gasteiger partial charge on any atom is 0.332 e. The highest BCUT2D eigenvalue weighted by Gasteiger charge is 2.32. The van der Waals surface area contributed by atoms with Crippen LogP contribution in [0.15, 0.2) is 52.1 Å². The average molecular weight is 379 g/mol. The van der Waals surface area contributed by atoms with Gasteiger partial charge in [-0.3, -0.25) is 18.7 Å². The monoisotopic (exact) mass is 379 g/mol. The first-order valence-electron chi connectivity index (χ1n) is 9.23. The second-order valence-electron chi connectivity index (χ2n) is 7.31. The first-order valence-corrected chi connectivity index (χ1v) is 9.23. The average Bonchev–Trinajstić information content (AvgIpc) is 2.67. The molecule has 1 aliphatic rings. The van der Waals surface area contributed by atoms with E-state index < -0.39 is 28.9 Å². The number of aromatic nitrogens is 2. The van der Waals surface area contributed by atoms with Crippen LogP contribution in [0.2, 0.25) is 0 Å². The molecule has 0 radical (unpaired) electrons. The lowest BCUT2D eigenvalue weighted by atomic mass is 10.1. The molecular weight excluding hydrogens is 358 g/mol. The predicted molar refractivity (Wildman–Crippen MR) is 106 cm³/mol. The summed E-state index contributed by atoms with van der Waals surface area (Å²) in [5, 5.41) is 12.5. The summed E-state index contributed by atoms with van der Waals surface area (Å²) in [7, 11) is 0. The quantitative estimate of drug-likeness (QED) is 0.755. The molecule has 0 atom stereocenters. The van der Waals surface area contributed by atoms with Gasteiger partial charge in [-0.1, -0.05) is 36.4 Å². The van der Waals surface area contributed by atoms with Gasteiger partial charge in [0.2, 0.25) is 5.75 Å². The Morgan fingerprint density at radius 2 is 1.71 bits per heavy atom. The van der Waals surface area contributed by atoms with Crippen molar-refractivity contribution in [2.75, 3.05) is 6.54 Å². The van der Waals surface area contributed by atoms with E-state index in [1.807, 2.05) is 42.5 Å². The lowest BCUT2D eigenvalue weighted by molar-refractivity contribution is 0.0677. The van der Waals surface area contributed by atoms with Crippen molar-refractivity contribution in [1.29, 1.82) is 0 Å². The van der Waals surface area contributed by atoms with E-state index in [9.17, 15) is 19.5 Å². The van der Waals surface area contributed by atoms with Crippen molar-refractivity contribution in [3.8, 4) is 5.75 Å². The van der Waals surface area contributed by atoms with Crippen molar-refractivity contribution in [3.05, 3.63) is 74.6 Å². The van der Waals surface area contributed by atoms with E-state index >= 15 is 0 Å². The number of amides is 1. The van der Waals surface area contributed by atoms with Gasteiger partial charge in [-0.2, -0.15) is 0 Å². The molecule has 0 aliphatic carbocycles. The first-order chi connectivity index (χ1) is 13.4. The molecule has 4 rings (SSSR count). The third-order valence-corrected chi connectivity index (χ3v) is 5.14. The lowest BCUT2D eigenvalue weighted by Crippen LogP contribution is -2.50. The molecule has 1 aromatic heterocycles. The van der Waals surface area contributed by atoms with E-state index in [1.165, 1.54) is 4.57 Å². The normalized spacial score (nSPS) is 14.0. The van der Waals surface area contributed by atoms with Crippen LogP contribution in [-0.2, 0) is 13.1 Å². The molecule has 7 nitrogen and oxygen atoms in total. The van der Waals surface area contributed by atoms with Gasteiger partial charge >= 0.3 is 5.69 Å². The Morgan fingerprint density at radius 1 is 1.00 bits per heavy atom. The molecule has 0 bridgehead atoms. The number of benzene rings is 2. The molecule has 144 valence electrons. The van der Waals surface area contributed by atoms with Crippen molar-refractivity contribution in [2.45, 2.75) is 33.0 Å². The molecule has 1 amide bonds. The standard InChI is InChI=1S/C21H21N3O4/c1-13(2)24-20(27)18(25)17-19(26)22(9-10-23(17)21(24)28)12-14-7-8-15-5-3-4-6-16(15)11-14/h3-8,11,13,25H,9-10,12H2,1-2H3. The summed E-state index contributed by atoms with van der Waals surface area (Å²) < 4.78 is 2.18. The molecule has 7 heteroatoms. The Labute approximate surface area is 161 Å². The number of nitrogens with zero attached hydrogens (tertiary/aromatic N) is 3. The number of fused-ring (bicyclic) bond motifs is 2. The number of carbonyl (C=O) groups excluding carboxylic acids is 1. The second-order valence-corrected chi connectivity index (χ2v) is 7.31. The number of aromatic hydroxyl groups is 1. The zero-order chi connectivity index (χ0) is 20.0. The summed E-state index contributed by atoms with van der Waals surface area (Å²) in [4.78, 5) is 39.5. The number of carbonyl (C=O) groups is 1. The van der Waals surface area contributed by atoms with Gasteiger partial charge < -0.3 is 10.0 Å². The highest BCUT2D eigenvalue weighted by atomic mass is 16.3. The molecule has 3 aromatic rings. The van der Waals surface area contributed by atoms with Crippen LogP contribution in [-0.4, -0.2) is 31.6 Å². The van der Waals surface area contributed by atoms with Crippen LogP contribution in [0.4, 0.5) is 0 Å². The van der Waals surface area contributed by atoms with Crippen molar-refractivity contribution in [2.24, 2.45) is 0 Å². The minimum atomic E-state index is -0.827. The summed E-state index contributed by atoms with van der Waals surface area (Å²) in [6.45, 7) is 4.27. The topological polar surface area (TPSA) is 84.5 Å². The lowest BCUT2D eigenvalue weighted by Gasteiger charge is -2.30. The smallest absolute Gasteiger partial charge is 0.332 e. The fourth-order valence-corrected chi connectivity index (χ4v) is 3.72.